The molecule has 0 spiro atoms. The van der Waals surface area contributed by atoms with Crippen molar-refractivity contribution in [3.63, 3.8) is 0 Å². The van der Waals surface area contributed by atoms with Crippen LogP contribution < -0.4 is 5.32 Å². The Labute approximate surface area is 68.3 Å². The predicted octanol–water partition coefficient (Wildman–Crippen LogP) is 0.666. The minimum absolute atomic E-state index is 0.561. The van der Waals surface area contributed by atoms with Crippen LogP contribution in [0.2, 0.25) is 0 Å². The molecule has 1 rings (SSSR count). The van der Waals surface area contributed by atoms with Gasteiger partial charge in [0.25, 0.3) is 0 Å². The Bertz CT molecular complexity index is 133. The molecule has 11 heavy (non-hydrogen) atoms. The average molecular weight is 155 g/mol. The van der Waals surface area contributed by atoms with Crippen molar-refractivity contribution in [3.8, 4) is 0 Å². The standard InChI is InChI=1S/C8H17N3/c1-7(2)10-8-3-4-11(5-8)6-9/h6-10H,3-5H2,1-2H3. The van der Waals surface area contributed by atoms with E-state index < -0.39 is 0 Å². The van der Waals surface area contributed by atoms with Gasteiger partial charge < -0.3 is 10.2 Å². The first-order valence-electron chi connectivity index (χ1n) is 4.23. The van der Waals surface area contributed by atoms with Gasteiger partial charge >= 0.3 is 0 Å². The minimum atomic E-state index is 0.561. The maximum Gasteiger partial charge on any atom is 0.0817 e. The van der Waals surface area contributed by atoms with Crippen LogP contribution in [-0.2, 0) is 0 Å². The average Bonchev–Trinajstić information content (AvgIpc) is 2.34. The van der Waals surface area contributed by atoms with Crippen LogP contribution in [0.1, 0.15) is 20.3 Å². The summed E-state index contributed by atoms with van der Waals surface area (Å²) in [5.41, 5.74) is 0. The molecule has 0 bridgehead atoms. The van der Waals surface area contributed by atoms with Gasteiger partial charge in [0.15, 0.2) is 0 Å². The number of hydrogen-bond donors (Lipinski definition) is 2. The summed E-state index contributed by atoms with van der Waals surface area (Å²) in [6, 6.07) is 1.15. The first-order chi connectivity index (χ1) is 5.22. The van der Waals surface area contributed by atoms with Gasteiger partial charge in [-0.3, -0.25) is 5.41 Å². The highest BCUT2D eigenvalue weighted by Gasteiger charge is 2.19. The Morgan fingerprint density at radius 3 is 2.82 bits per heavy atom. The summed E-state index contributed by atoms with van der Waals surface area (Å²) in [7, 11) is 0. The zero-order valence-corrected chi connectivity index (χ0v) is 7.30. The van der Waals surface area contributed by atoms with Crippen molar-refractivity contribution < 1.29 is 0 Å². The molecule has 0 aromatic rings. The number of likely N-dealkylation sites (tertiary alicyclic amines) is 1. The summed E-state index contributed by atoms with van der Waals surface area (Å²) < 4.78 is 0. The molecule has 1 saturated heterocycles. The van der Waals surface area contributed by atoms with E-state index in [4.69, 9.17) is 5.41 Å². The van der Waals surface area contributed by atoms with Crippen molar-refractivity contribution in [1.29, 1.82) is 5.41 Å². The molecule has 1 heterocycles. The van der Waals surface area contributed by atoms with Crippen molar-refractivity contribution in [2.75, 3.05) is 13.1 Å². The Kier molecular flexibility index (Phi) is 2.88. The lowest BCUT2D eigenvalue weighted by atomic mass is 10.2. The molecule has 0 saturated carbocycles. The fourth-order valence-electron chi connectivity index (χ4n) is 1.51. The van der Waals surface area contributed by atoms with Crippen LogP contribution in [0.3, 0.4) is 0 Å². The molecule has 0 radical (unpaired) electrons. The molecule has 2 N–H and O–H groups in total. The Hall–Kier alpha value is -0.570. The minimum Gasteiger partial charge on any atom is -0.362 e. The van der Waals surface area contributed by atoms with Gasteiger partial charge in [-0.2, -0.15) is 0 Å². The number of nitrogens with zero attached hydrogens (tertiary/aromatic N) is 1. The number of hydrogen-bond acceptors (Lipinski definition) is 2. The smallest absolute Gasteiger partial charge is 0.0817 e. The molecule has 1 unspecified atom stereocenters. The summed E-state index contributed by atoms with van der Waals surface area (Å²) in [4.78, 5) is 2.04. The van der Waals surface area contributed by atoms with Gasteiger partial charge in [0.05, 0.1) is 6.34 Å². The second kappa shape index (κ2) is 3.72. The lowest BCUT2D eigenvalue weighted by Gasteiger charge is -2.15. The molecule has 3 nitrogen and oxygen atoms in total. The van der Waals surface area contributed by atoms with Gasteiger partial charge in [-0.25, -0.2) is 0 Å². The van der Waals surface area contributed by atoms with Gasteiger partial charge in [0.2, 0.25) is 0 Å². The normalized spacial score (nSPS) is 24.6. The molecule has 64 valence electrons. The van der Waals surface area contributed by atoms with Crippen molar-refractivity contribution in [2.45, 2.75) is 32.4 Å². The zero-order chi connectivity index (χ0) is 8.27. The highest BCUT2D eigenvalue weighted by Crippen LogP contribution is 2.06. The highest BCUT2D eigenvalue weighted by molar-refractivity contribution is 5.51. The molecule has 1 atom stereocenters. The van der Waals surface area contributed by atoms with Crippen molar-refractivity contribution in [2.24, 2.45) is 0 Å². The van der Waals surface area contributed by atoms with E-state index in [0.29, 0.717) is 12.1 Å². The van der Waals surface area contributed by atoms with E-state index in [1.165, 1.54) is 12.8 Å². The van der Waals surface area contributed by atoms with Crippen molar-refractivity contribution in [3.05, 3.63) is 0 Å². The summed E-state index contributed by atoms with van der Waals surface area (Å²) in [5, 5.41) is 10.5. The molecule has 0 amide bonds. The Balaban J connectivity index is 2.24. The molecule has 0 aliphatic carbocycles. The lowest BCUT2D eigenvalue weighted by Crippen LogP contribution is -2.36. The molecular formula is C8H17N3. The number of rotatable bonds is 3. The van der Waals surface area contributed by atoms with Crippen LogP contribution in [0.5, 0.6) is 0 Å². The van der Waals surface area contributed by atoms with Gasteiger partial charge in [-0.1, -0.05) is 13.8 Å². The fraction of sp³-hybridized carbons (Fsp3) is 0.875. The molecule has 1 aliphatic heterocycles. The molecule has 1 aliphatic rings. The van der Waals surface area contributed by atoms with E-state index in [9.17, 15) is 0 Å². The van der Waals surface area contributed by atoms with Gasteiger partial charge in [-0.05, 0) is 6.42 Å². The molecule has 3 heteroatoms. The Morgan fingerprint density at radius 1 is 1.64 bits per heavy atom. The summed E-state index contributed by atoms with van der Waals surface area (Å²) in [6.07, 6.45) is 2.61. The van der Waals surface area contributed by atoms with E-state index in [0.717, 1.165) is 13.1 Å². The first-order valence-corrected chi connectivity index (χ1v) is 4.23. The maximum atomic E-state index is 7.05. The maximum absolute atomic E-state index is 7.05. The predicted molar refractivity (Wildman–Crippen MR) is 47.0 cm³/mol. The summed E-state index contributed by atoms with van der Waals surface area (Å²) >= 11 is 0. The second-order valence-corrected chi connectivity index (χ2v) is 3.43. The third-order valence-electron chi connectivity index (χ3n) is 1.97. The highest BCUT2D eigenvalue weighted by atomic mass is 15.2. The fourth-order valence-corrected chi connectivity index (χ4v) is 1.51. The zero-order valence-electron chi connectivity index (χ0n) is 7.30. The largest absolute Gasteiger partial charge is 0.362 e. The van der Waals surface area contributed by atoms with Crippen LogP contribution in [0.15, 0.2) is 0 Å². The summed E-state index contributed by atoms with van der Waals surface area (Å²) in [5.74, 6) is 0. The third-order valence-corrected chi connectivity index (χ3v) is 1.97. The molecule has 0 aromatic heterocycles. The van der Waals surface area contributed by atoms with Crippen LogP contribution in [0.4, 0.5) is 0 Å². The van der Waals surface area contributed by atoms with E-state index in [-0.39, 0.29) is 0 Å². The summed E-state index contributed by atoms with van der Waals surface area (Å²) in [6.45, 7) is 6.36. The third kappa shape index (κ3) is 2.50. The van der Waals surface area contributed by atoms with E-state index >= 15 is 0 Å². The second-order valence-electron chi connectivity index (χ2n) is 3.43. The van der Waals surface area contributed by atoms with Gasteiger partial charge in [0, 0.05) is 25.2 Å². The van der Waals surface area contributed by atoms with Crippen LogP contribution in [-0.4, -0.2) is 36.4 Å². The topological polar surface area (TPSA) is 39.1 Å². The SMILES string of the molecule is CC(C)NC1CCN(C=N)C1. The number of nitrogens with one attached hydrogen (secondary N) is 2. The van der Waals surface area contributed by atoms with Crippen LogP contribution in [0.25, 0.3) is 0 Å². The van der Waals surface area contributed by atoms with Crippen LogP contribution in [0, 0.1) is 5.41 Å². The van der Waals surface area contributed by atoms with E-state index in [2.05, 4.69) is 19.2 Å². The molecule has 1 fully saturated rings. The Morgan fingerprint density at radius 2 is 2.36 bits per heavy atom. The quantitative estimate of drug-likeness (QED) is 0.464. The van der Waals surface area contributed by atoms with Gasteiger partial charge in [0.1, 0.15) is 0 Å². The van der Waals surface area contributed by atoms with Gasteiger partial charge in [-0.15, -0.1) is 0 Å². The van der Waals surface area contributed by atoms with E-state index in [1.54, 1.807) is 0 Å². The monoisotopic (exact) mass is 155 g/mol. The van der Waals surface area contributed by atoms with E-state index in [1.807, 2.05) is 4.90 Å². The lowest BCUT2D eigenvalue weighted by molar-refractivity contribution is 0.454. The van der Waals surface area contributed by atoms with Crippen LogP contribution >= 0.6 is 0 Å². The van der Waals surface area contributed by atoms with Crippen molar-refractivity contribution in [1.82, 2.24) is 10.2 Å². The molecule has 0 aromatic carbocycles. The molecular weight excluding hydrogens is 138 g/mol. The van der Waals surface area contributed by atoms with Crippen molar-refractivity contribution >= 4 is 6.34 Å². The first kappa shape index (κ1) is 8.53.